The van der Waals surface area contributed by atoms with Gasteiger partial charge in [-0.1, -0.05) is 25.1 Å². The van der Waals surface area contributed by atoms with E-state index < -0.39 is 0 Å². The van der Waals surface area contributed by atoms with Gasteiger partial charge in [0.2, 0.25) is 5.91 Å². The predicted molar refractivity (Wildman–Crippen MR) is 53.4 cm³/mol. The third-order valence-electron chi connectivity index (χ3n) is 2.16. The van der Waals surface area contributed by atoms with Gasteiger partial charge in [-0.15, -0.1) is 11.8 Å². The first-order valence-corrected chi connectivity index (χ1v) is 5.17. The number of carbonyl (C=O) groups excluding carboxylic acids is 1. The molecule has 0 aliphatic carbocycles. The number of hydrogen-bond acceptors (Lipinski definition) is 2. The van der Waals surface area contributed by atoms with Crippen LogP contribution in [0.2, 0.25) is 0 Å². The number of rotatable bonds is 2. The molecule has 0 radical (unpaired) electrons. The Labute approximate surface area is 81.7 Å². The Hall–Kier alpha value is -0.960. The molecule has 1 aliphatic rings. The summed E-state index contributed by atoms with van der Waals surface area (Å²) < 4.78 is 0. The van der Waals surface area contributed by atoms with Gasteiger partial charge in [0.05, 0.1) is 11.3 Å². The summed E-state index contributed by atoms with van der Waals surface area (Å²) >= 11 is 1.71. The van der Waals surface area contributed by atoms with Crippen molar-refractivity contribution in [3.05, 3.63) is 30.3 Å². The molecular weight excluding hydrogens is 182 g/mol. The quantitative estimate of drug-likeness (QED) is 0.726. The Bertz CT molecular complexity index is 312. The molecule has 2 atom stereocenters. The molecule has 1 saturated heterocycles. The Morgan fingerprint density at radius 3 is 2.54 bits per heavy atom. The maximum atomic E-state index is 10.9. The molecule has 0 unspecified atom stereocenters. The van der Waals surface area contributed by atoms with E-state index in [1.165, 1.54) is 4.90 Å². The second-order valence-electron chi connectivity index (χ2n) is 3.15. The number of β-lactam (4-membered cyclic amide) rings is 1. The van der Waals surface area contributed by atoms with Crippen molar-refractivity contribution in [3.8, 4) is 0 Å². The molecule has 1 amide bonds. The fraction of sp³-hybridized carbons (Fsp3) is 0.300. The van der Waals surface area contributed by atoms with Crippen molar-refractivity contribution >= 4 is 17.7 Å². The second-order valence-corrected chi connectivity index (χ2v) is 4.36. The van der Waals surface area contributed by atoms with Gasteiger partial charge < -0.3 is 5.32 Å². The summed E-state index contributed by atoms with van der Waals surface area (Å²) in [6, 6.07) is 10.1. The molecule has 0 spiro atoms. The van der Waals surface area contributed by atoms with Crippen molar-refractivity contribution in [1.82, 2.24) is 5.32 Å². The Morgan fingerprint density at radius 1 is 1.31 bits per heavy atom. The number of thioether (sulfide) groups is 1. The van der Waals surface area contributed by atoms with E-state index in [4.69, 9.17) is 0 Å². The monoisotopic (exact) mass is 193 g/mol. The summed E-state index contributed by atoms with van der Waals surface area (Å²) in [5.41, 5.74) is 0. The van der Waals surface area contributed by atoms with Crippen molar-refractivity contribution in [1.29, 1.82) is 0 Å². The molecule has 1 aliphatic heterocycles. The average Bonchev–Trinajstić information content (AvgIpc) is 2.19. The van der Waals surface area contributed by atoms with E-state index in [2.05, 4.69) is 17.4 Å². The summed E-state index contributed by atoms with van der Waals surface area (Å²) in [6.45, 7) is 1.96. The summed E-state index contributed by atoms with van der Waals surface area (Å²) in [4.78, 5) is 12.1. The van der Waals surface area contributed by atoms with Crippen molar-refractivity contribution in [2.45, 2.75) is 17.2 Å². The van der Waals surface area contributed by atoms with Crippen LogP contribution >= 0.6 is 11.8 Å². The third-order valence-corrected chi connectivity index (χ3v) is 3.48. The lowest BCUT2D eigenvalue weighted by atomic mass is 10.1. The van der Waals surface area contributed by atoms with Gasteiger partial charge in [-0.05, 0) is 12.1 Å². The van der Waals surface area contributed by atoms with Crippen LogP contribution in [0.15, 0.2) is 35.2 Å². The zero-order chi connectivity index (χ0) is 9.26. The number of benzene rings is 1. The van der Waals surface area contributed by atoms with Crippen molar-refractivity contribution in [2.24, 2.45) is 5.92 Å². The molecule has 1 fully saturated rings. The highest BCUT2D eigenvalue weighted by atomic mass is 32.2. The second kappa shape index (κ2) is 3.42. The summed E-state index contributed by atoms with van der Waals surface area (Å²) in [7, 11) is 0. The van der Waals surface area contributed by atoms with E-state index in [0.717, 1.165) is 0 Å². The normalized spacial score (nSPS) is 26.4. The van der Waals surface area contributed by atoms with Crippen LogP contribution in [0.25, 0.3) is 0 Å². The van der Waals surface area contributed by atoms with E-state index in [1.54, 1.807) is 11.8 Å². The summed E-state index contributed by atoms with van der Waals surface area (Å²) in [6.07, 6.45) is 0. The Morgan fingerprint density at radius 2 is 2.00 bits per heavy atom. The molecule has 2 nitrogen and oxygen atoms in total. The third kappa shape index (κ3) is 1.70. The van der Waals surface area contributed by atoms with Crippen LogP contribution in [0.3, 0.4) is 0 Å². The van der Waals surface area contributed by atoms with Gasteiger partial charge in [0.25, 0.3) is 0 Å². The lowest BCUT2D eigenvalue weighted by molar-refractivity contribution is -0.131. The standard InChI is InChI=1S/C10H11NOS/c1-7-9(12)11-10(7)13-8-5-3-2-4-6-8/h2-7,10H,1H3,(H,11,12)/t7-,10-/m1/s1. The number of nitrogens with one attached hydrogen (secondary N) is 1. The lowest BCUT2D eigenvalue weighted by Crippen LogP contribution is -2.54. The molecule has 3 heteroatoms. The maximum absolute atomic E-state index is 10.9. The van der Waals surface area contributed by atoms with Gasteiger partial charge in [-0.3, -0.25) is 4.79 Å². The minimum Gasteiger partial charge on any atom is -0.343 e. The van der Waals surface area contributed by atoms with Gasteiger partial charge in [0.15, 0.2) is 0 Å². The molecule has 1 N–H and O–H groups in total. The minimum atomic E-state index is 0.144. The highest BCUT2D eigenvalue weighted by Gasteiger charge is 2.35. The topological polar surface area (TPSA) is 29.1 Å². The largest absolute Gasteiger partial charge is 0.343 e. The van der Waals surface area contributed by atoms with E-state index >= 15 is 0 Å². The molecule has 1 aromatic carbocycles. The Kier molecular flexibility index (Phi) is 2.27. The van der Waals surface area contributed by atoms with Gasteiger partial charge in [0, 0.05) is 4.90 Å². The minimum absolute atomic E-state index is 0.144. The van der Waals surface area contributed by atoms with E-state index in [9.17, 15) is 4.79 Å². The number of carbonyl (C=O) groups is 1. The molecule has 68 valence electrons. The first-order valence-electron chi connectivity index (χ1n) is 4.29. The molecule has 0 bridgehead atoms. The summed E-state index contributed by atoms with van der Waals surface area (Å²) in [5, 5.41) is 3.12. The average molecular weight is 193 g/mol. The van der Waals surface area contributed by atoms with Crippen molar-refractivity contribution < 1.29 is 4.79 Å². The van der Waals surface area contributed by atoms with Crippen LogP contribution in [0.1, 0.15) is 6.92 Å². The first-order chi connectivity index (χ1) is 6.27. The molecule has 1 heterocycles. The molecule has 0 saturated carbocycles. The summed E-state index contributed by atoms with van der Waals surface area (Å²) in [5.74, 6) is 0.304. The number of hydrogen-bond donors (Lipinski definition) is 1. The van der Waals surface area contributed by atoms with Crippen molar-refractivity contribution in [2.75, 3.05) is 0 Å². The molecule has 2 rings (SSSR count). The molecule has 1 aromatic rings. The van der Waals surface area contributed by atoms with Crippen LogP contribution in [0, 0.1) is 5.92 Å². The SMILES string of the molecule is C[C@@H]1C(=O)N[C@@H]1Sc1ccccc1. The van der Waals surface area contributed by atoms with Crippen LogP contribution in [0.5, 0.6) is 0 Å². The van der Waals surface area contributed by atoms with Crippen LogP contribution in [-0.4, -0.2) is 11.3 Å². The highest BCUT2D eigenvalue weighted by molar-refractivity contribution is 8.00. The molecular formula is C10H11NOS. The van der Waals surface area contributed by atoms with Gasteiger partial charge in [-0.25, -0.2) is 0 Å². The maximum Gasteiger partial charge on any atom is 0.226 e. The predicted octanol–water partition coefficient (Wildman–Crippen LogP) is 1.87. The van der Waals surface area contributed by atoms with Crippen LogP contribution in [0.4, 0.5) is 0 Å². The molecule has 13 heavy (non-hydrogen) atoms. The first kappa shape index (κ1) is 8.63. The van der Waals surface area contributed by atoms with Crippen LogP contribution < -0.4 is 5.32 Å². The van der Waals surface area contributed by atoms with Gasteiger partial charge in [0.1, 0.15) is 0 Å². The highest BCUT2D eigenvalue weighted by Crippen LogP contribution is 2.31. The zero-order valence-corrected chi connectivity index (χ0v) is 8.17. The van der Waals surface area contributed by atoms with Crippen molar-refractivity contribution in [3.63, 3.8) is 0 Å². The van der Waals surface area contributed by atoms with Gasteiger partial charge in [-0.2, -0.15) is 0 Å². The smallest absolute Gasteiger partial charge is 0.226 e. The van der Waals surface area contributed by atoms with Gasteiger partial charge >= 0.3 is 0 Å². The van der Waals surface area contributed by atoms with E-state index in [-0.39, 0.29) is 17.2 Å². The fourth-order valence-corrected chi connectivity index (χ4v) is 2.33. The number of amides is 1. The fourth-order valence-electron chi connectivity index (χ4n) is 1.22. The molecule has 0 aromatic heterocycles. The van der Waals surface area contributed by atoms with Crippen LogP contribution in [-0.2, 0) is 4.79 Å². The van der Waals surface area contributed by atoms with E-state index in [0.29, 0.717) is 0 Å². The lowest BCUT2D eigenvalue weighted by Gasteiger charge is -2.33. The van der Waals surface area contributed by atoms with E-state index in [1.807, 2.05) is 25.1 Å². The Balaban J connectivity index is 1.97. The zero-order valence-electron chi connectivity index (χ0n) is 7.36.